The fourth-order valence-corrected chi connectivity index (χ4v) is 1.89. The Morgan fingerprint density at radius 1 is 1.05 bits per heavy atom. The topological polar surface area (TPSA) is 32.3 Å². The van der Waals surface area contributed by atoms with Gasteiger partial charge in [0, 0.05) is 18.4 Å². The predicted octanol–water partition coefficient (Wildman–Crippen LogP) is 3.07. The van der Waals surface area contributed by atoms with Gasteiger partial charge in [-0.05, 0) is 30.7 Å². The highest BCUT2D eigenvalue weighted by Gasteiger charge is 2.08. The Hall–Kier alpha value is -2.29. The number of anilines is 2. The number of hydrogen-bond acceptors (Lipinski definition) is 2. The minimum atomic E-state index is -0.0133. The molecular weight excluding hydrogens is 236 g/mol. The highest BCUT2D eigenvalue weighted by Crippen LogP contribution is 2.14. The molecule has 0 heterocycles. The number of amides is 1. The smallest absolute Gasteiger partial charge is 0.243 e. The summed E-state index contributed by atoms with van der Waals surface area (Å²) in [5.74, 6) is -0.0133. The first kappa shape index (κ1) is 13.1. The van der Waals surface area contributed by atoms with Crippen molar-refractivity contribution in [2.24, 2.45) is 0 Å². The summed E-state index contributed by atoms with van der Waals surface area (Å²) >= 11 is 0. The molecule has 0 unspecified atom stereocenters. The normalized spacial score (nSPS) is 10.0. The Balaban J connectivity index is 1.97. The number of carbonyl (C=O) groups excluding carboxylic acids is 1. The first-order chi connectivity index (χ1) is 9.16. The van der Waals surface area contributed by atoms with E-state index in [9.17, 15) is 4.79 Å². The summed E-state index contributed by atoms with van der Waals surface area (Å²) in [6.45, 7) is 2.31. The van der Waals surface area contributed by atoms with Crippen molar-refractivity contribution in [3.05, 3.63) is 60.2 Å². The highest BCUT2D eigenvalue weighted by atomic mass is 16.2. The molecule has 0 saturated heterocycles. The van der Waals surface area contributed by atoms with Crippen molar-refractivity contribution in [3.63, 3.8) is 0 Å². The van der Waals surface area contributed by atoms with E-state index >= 15 is 0 Å². The second-order valence-electron chi connectivity index (χ2n) is 4.55. The van der Waals surface area contributed by atoms with Gasteiger partial charge in [-0.2, -0.15) is 0 Å². The lowest BCUT2D eigenvalue weighted by molar-refractivity contribution is -0.114. The maximum absolute atomic E-state index is 12.0. The van der Waals surface area contributed by atoms with E-state index in [4.69, 9.17) is 0 Å². The molecule has 19 heavy (non-hydrogen) atoms. The van der Waals surface area contributed by atoms with E-state index in [0.717, 1.165) is 16.9 Å². The molecule has 2 aromatic rings. The Morgan fingerprint density at radius 2 is 1.68 bits per heavy atom. The summed E-state index contributed by atoms with van der Waals surface area (Å²) < 4.78 is 0. The number of nitrogens with zero attached hydrogens (tertiary/aromatic N) is 1. The number of para-hydroxylation sites is 2. The summed E-state index contributed by atoms with van der Waals surface area (Å²) in [7, 11) is 1.91. The van der Waals surface area contributed by atoms with Crippen LogP contribution < -0.4 is 10.2 Å². The average Bonchev–Trinajstić information content (AvgIpc) is 2.42. The fourth-order valence-electron chi connectivity index (χ4n) is 1.89. The number of carbonyl (C=O) groups is 1. The number of likely N-dealkylation sites (N-methyl/N-ethyl adjacent to an activating group) is 1. The van der Waals surface area contributed by atoms with Crippen molar-refractivity contribution in [2.45, 2.75) is 6.92 Å². The molecule has 0 aliphatic rings. The third-order valence-electron chi connectivity index (χ3n) is 3.00. The van der Waals surface area contributed by atoms with E-state index in [1.54, 1.807) is 0 Å². The first-order valence-electron chi connectivity index (χ1n) is 6.28. The molecule has 0 radical (unpaired) electrons. The van der Waals surface area contributed by atoms with Crippen molar-refractivity contribution in [3.8, 4) is 0 Å². The second-order valence-corrected chi connectivity index (χ2v) is 4.55. The molecule has 3 nitrogen and oxygen atoms in total. The summed E-state index contributed by atoms with van der Waals surface area (Å²) in [5, 5.41) is 2.93. The lowest BCUT2D eigenvalue weighted by Crippen LogP contribution is -2.30. The molecule has 0 atom stereocenters. The molecule has 98 valence electrons. The predicted molar refractivity (Wildman–Crippen MR) is 79.5 cm³/mol. The number of nitrogens with one attached hydrogen (secondary N) is 1. The van der Waals surface area contributed by atoms with Gasteiger partial charge in [0.1, 0.15) is 0 Å². The molecule has 0 saturated carbocycles. The van der Waals surface area contributed by atoms with Gasteiger partial charge in [0.05, 0.1) is 6.54 Å². The molecule has 0 aliphatic heterocycles. The number of aryl methyl sites for hydroxylation is 1. The Kier molecular flexibility index (Phi) is 4.18. The molecule has 3 heteroatoms. The van der Waals surface area contributed by atoms with Crippen molar-refractivity contribution in [2.75, 3.05) is 23.8 Å². The van der Waals surface area contributed by atoms with E-state index in [2.05, 4.69) is 5.32 Å². The van der Waals surface area contributed by atoms with Crippen LogP contribution in [0.5, 0.6) is 0 Å². The Bertz CT molecular complexity index is 552. The quantitative estimate of drug-likeness (QED) is 0.909. The van der Waals surface area contributed by atoms with Crippen LogP contribution in [0.25, 0.3) is 0 Å². The Labute approximate surface area is 113 Å². The van der Waals surface area contributed by atoms with Crippen molar-refractivity contribution < 1.29 is 4.79 Å². The van der Waals surface area contributed by atoms with E-state index in [0.29, 0.717) is 6.54 Å². The SMILES string of the molecule is Cc1ccccc1NC(=O)CN(C)c1ccccc1. The van der Waals surface area contributed by atoms with E-state index < -0.39 is 0 Å². The van der Waals surface area contributed by atoms with Crippen LogP contribution in [-0.4, -0.2) is 19.5 Å². The van der Waals surface area contributed by atoms with Crippen LogP contribution in [0.2, 0.25) is 0 Å². The van der Waals surface area contributed by atoms with Crippen LogP contribution in [0.3, 0.4) is 0 Å². The summed E-state index contributed by atoms with van der Waals surface area (Å²) in [4.78, 5) is 13.9. The zero-order valence-electron chi connectivity index (χ0n) is 11.3. The van der Waals surface area contributed by atoms with Gasteiger partial charge in [-0.25, -0.2) is 0 Å². The summed E-state index contributed by atoms with van der Waals surface area (Å²) in [6.07, 6.45) is 0. The highest BCUT2D eigenvalue weighted by molar-refractivity contribution is 5.94. The van der Waals surface area contributed by atoms with Gasteiger partial charge >= 0.3 is 0 Å². The van der Waals surface area contributed by atoms with E-state index in [-0.39, 0.29) is 5.91 Å². The van der Waals surface area contributed by atoms with Crippen LogP contribution in [-0.2, 0) is 4.79 Å². The molecule has 2 aromatic carbocycles. The molecule has 0 fully saturated rings. The standard InChI is InChI=1S/C16H18N2O/c1-13-8-6-7-11-15(13)17-16(19)12-18(2)14-9-4-3-5-10-14/h3-11H,12H2,1-2H3,(H,17,19). The Morgan fingerprint density at radius 3 is 2.37 bits per heavy atom. The molecule has 2 rings (SSSR count). The third-order valence-corrected chi connectivity index (χ3v) is 3.00. The zero-order valence-corrected chi connectivity index (χ0v) is 11.3. The third kappa shape index (κ3) is 3.58. The first-order valence-corrected chi connectivity index (χ1v) is 6.28. The molecule has 0 bridgehead atoms. The molecular formula is C16H18N2O. The van der Waals surface area contributed by atoms with Gasteiger partial charge in [-0.3, -0.25) is 4.79 Å². The van der Waals surface area contributed by atoms with Crippen molar-refractivity contribution in [1.29, 1.82) is 0 Å². The minimum Gasteiger partial charge on any atom is -0.365 e. The lowest BCUT2D eigenvalue weighted by Gasteiger charge is -2.19. The van der Waals surface area contributed by atoms with Crippen molar-refractivity contribution in [1.82, 2.24) is 0 Å². The van der Waals surface area contributed by atoms with Gasteiger partial charge < -0.3 is 10.2 Å². The van der Waals surface area contributed by atoms with Crippen LogP contribution in [0.4, 0.5) is 11.4 Å². The maximum atomic E-state index is 12.0. The summed E-state index contributed by atoms with van der Waals surface area (Å²) in [6, 6.07) is 17.6. The molecule has 0 spiro atoms. The molecule has 0 aromatic heterocycles. The fraction of sp³-hybridized carbons (Fsp3) is 0.188. The lowest BCUT2D eigenvalue weighted by atomic mass is 10.2. The largest absolute Gasteiger partial charge is 0.365 e. The maximum Gasteiger partial charge on any atom is 0.243 e. The molecule has 1 amide bonds. The van der Waals surface area contributed by atoms with Crippen LogP contribution in [0.1, 0.15) is 5.56 Å². The van der Waals surface area contributed by atoms with Crippen molar-refractivity contribution >= 4 is 17.3 Å². The monoisotopic (exact) mass is 254 g/mol. The number of hydrogen-bond donors (Lipinski definition) is 1. The van der Waals surface area contributed by atoms with Crippen LogP contribution in [0, 0.1) is 6.92 Å². The number of benzene rings is 2. The molecule has 1 N–H and O–H groups in total. The number of rotatable bonds is 4. The van der Waals surface area contributed by atoms with Gasteiger partial charge in [0.2, 0.25) is 5.91 Å². The van der Waals surface area contributed by atoms with Crippen LogP contribution >= 0.6 is 0 Å². The van der Waals surface area contributed by atoms with Gasteiger partial charge in [-0.1, -0.05) is 36.4 Å². The average molecular weight is 254 g/mol. The van der Waals surface area contributed by atoms with Gasteiger partial charge in [-0.15, -0.1) is 0 Å². The van der Waals surface area contributed by atoms with Crippen LogP contribution in [0.15, 0.2) is 54.6 Å². The minimum absolute atomic E-state index is 0.0133. The summed E-state index contributed by atoms with van der Waals surface area (Å²) in [5.41, 5.74) is 2.97. The van der Waals surface area contributed by atoms with E-state index in [1.807, 2.05) is 73.5 Å². The van der Waals surface area contributed by atoms with Gasteiger partial charge in [0.25, 0.3) is 0 Å². The zero-order chi connectivity index (χ0) is 13.7. The molecule has 0 aliphatic carbocycles. The van der Waals surface area contributed by atoms with E-state index in [1.165, 1.54) is 0 Å². The second kappa shape index (κ2) is 6.05. The van der Waals surface area contributed by atoms with Gasteiger partial charge in [0.15, 0.2) is 0 Å².